The lowest BCUT2D eigenvalue weighted by Crippen LogP contribution is -2.43. The van der Waals surface area contributed by atoms with Gasteiger partial charge in [-0.25, -0.2) is 8.78 Å². The molecule has 0 unspecified atom stereocenters. The molecule has 1 fully saturated rings. The summed E-state index contributed by atoms with van der Waals surface area (Å²) in [6.07, 6.45) is 2.58. The summed E-state index contributed by atoms with van der Waals surface area (Å²) in [6.45, 7) is 0. The van der Waals surface area contributed by atoms with E-state index in [2.05, 4.69) is 10.1 Å². The van der Waals surface area contributed by atoms with Gasteiger partial charge in [-0.05, 0) is 31.4 Å². The van der Waals surface area contributed by atoms with Crippen LogP contribution in [-0.2, 0) is 5.54 Å². The molecule has 6 heteroatoms. The Morgan fingerprint density at radius 2 is 1.83 bits per heavy atom. The first-order chi connectivity index (χ1) is 8.57. The van der Waals surface area contributed by atoms with Crippen molar-refractivity contribution >= 4 is 0 Å². The van der Waals surface area contributed by atoms with Crippen LogP contribution in [0.2, 0.25) is 0 Å². The quantitative estimate of drug-likeness (QED) is 0.889. The van der Waals surface area contributed by atoms with Gasteiger partial charge >= 0.3 is 0 Å². The molecular weight excluding hydrogens is 240 g/mol. The molecule has 2 N–H and O–H groups in total. The SMILES string of the molecule is NC1(c2nc(-c3cc(F)cc(F)c3)no2)CCC1. The van der Waals surface area contributed by atoms with Crippen molar-refractivity contribution in [3.8, 4) is 11.4 Å². The first-order valence-electron chi connectivity index (χ1n) is 5.66. The second kappa shape index (κ2) is 3.84. The number of nitrogens with two attached hydrogens (primary N) is 1. The Labute approximate surface area is 102 Å². The molecule has 3 rings (SSSR count). The van der Waals surface area contributed by atoms with Crippen LogP contribution in [0.15, 0.2) is 22.7 Å². The highest BCUT2D eigenvalue weighted by atomic mass is 19.1. The number of rotatable bonds is 2. The highest BCUT2D eigenvalue weighted by Crippen LogP contribution is 2.38. The molecule has 0 atom stereocenters. The number of nitrogens with zero attached hydrogens (tertiary/aromatic N) is 2. The zero-order valence-corrected chi connectivity index (χ0v) is 9.49. The topological polar surface area (TPSA) is 64.9 Å². The summed E-state index contributed by atoms with van der Waals surface area (Å²) in [7, 11) is 0. The van der Waals surface area contributed by atoms with E-state index in [-0.39, 0.29) is 11.4 Å². The van der Waals surface area contributed by atoms with E-state index in [1.54, 1.807) is 0 Å². The summed E-state index contributed by atoms with van der Waals surface area (Å²) in [5.74, 6) is -0.876. The van der Waals surface area contributed by atoms with Gasteiger partial charge in [0.1, 0.15) is 11.6 Å². The number of hydrogen-bond acceptors (Lipinski definition) is 4. The molecule has 0 saturated heterocycles. The van der Waals surface area contributed by atoms with Crippen LogP contribution >= 0.6 is 0 Å². The second-order valence-electron chi connectivity index (χ2n) is 4.59. The minimum Gasteiger partial charge on any atom is -0.337 e. The van der Waals surface area contributed by atoms with Gasteiger partial charge in [0.05, 0.1) is 5.54 Å². The summed E-state index contributed by atoms with van der Waals surface area (Å²) in [4.78, 5) is 4.12. The van der Waals surface area contributed by atoms with Crippen molar-refractivity contribution < 1.29 is 13.3 Å². The van der Waals surface area contributed by atoms with Crippen molar-refractivity contribution in [2.75, 3.05) is 0 Å². The van der Waals surface area contributed by atoms with Crippen molar-refractivity contribution in [1.29, 1.82) is 0 Å². The molecule has 0 bridgehead atoms. The lowest BCUT2D eigenvalue weighted by atomic mass is 9.78. The third-order valence-electron chi connectivity index (χ3n) is 3.22. The van der Waals surface area contributed by atoms with Crippen molar-refractivity contribution in [3.63, 3.8) is 0 Å². The van der Waals surface area contributed by atoms with Crippen LogP contribution in [-0.4, -0.2) is 10.1 Å². The third-order valence-corrected chi connectivity index (χ3v) is 3.22. The molecule has 1 heterocycles. The fourth-order valence-electron chi connectivity index (χ4n) is 2.00. The van der Waals surface area contributed by atoms with E-state index in [0.29, 0.717) is 5.89 Å². The largest absolute Gasteiger partial charge is 0.337 e. The molecule has 1 saturated carbocycles. The van der Waals surface area contributed by atoms with Gasteiger partial charge < -0.3 is 10.3 Å². The van der Waals surface area contributed by atoms with Crippen molar-refractivity contribution in [2.45, 2.75) is 24.8 Å². The maximum Gasteiger partial charge on any atom is 0.247 e. The normalized spacial score (nSPS) is 17.5. The summed E-state index contributed by atoms with van der Waals surface area (Å²) in [5, 5.41) is 3.72. The van der Waals surface area contributed by atoms with E-state index < -0.39 is 17.2 Å². The van der Waals surface area contributed by atoms with Crippen molar-refractivity contribution in [3.05, 3.63) is 35.7 Å². The fraction of sp³-hybridized carbons (Fsp3) is 0.333. The van der Waals surface area contributed by atoms with E-state index >= 15 is 0 Å². The van der Waals surface area contributed by atoms with E-state index in [0.717, 1.165) is 37.5 Å². The Morgan fingerprint density at radius 3 is 2.39 bits per heavy atom. The maximum absolute atomic E-state index is 13.1. The van der Waals surface area contributed by atoms with E-state index in [9.17, 15) is 8.78 Å². The van der Waals surface area contributed by atoms with Gasteiger partial charge in [-0.1, -0.05) is 5.16 Å². The zero-order chi connectivity index (χ0) is 12.8. The molecule has 18 heavy (non-hydrogen) atoms. The minimum absolute atomic E-state index is 0.153. The average Bonchev–Trinajstić information content (AvgIpc) is 2.74. The summed E-state index contributed by atoms with van der Waals surface area (Å²) >= 11 is 0. The highest BCUT2D eigenvalue weighted by Gasteiger charge is 2.40. The van der Waals surface area contributed by atoms with Gasteiger partial charge in [0.25, 0.3) is 0 Å². The van der Waals surface area contributed by atoms with Gasteiger partial charge in [0.15, 0.2) is 0 Å². The highest BCUT2D eigenvalue weighted by molar-refractivity contribution is 5.54. The molecule has 0 spiro atoms. The first kappa shape index (κ1) is 11.3. The van der Waals surface area contributed by atoms with Crippen LogP contribution in [0.1, 0.15) is 25.2 Å². The van der Waals surface area contributed by atoms with Crippen molar-refractivity contribution in [1.82, 2.24) is 10.1 Å². The lowest BCUT2D eigenvalue weighted by molar-refractivity contribution is 0.181. The van der Waals surface area contributed by atoms with E-state index in [4.69, 9.17) is 10.3 Å². The van der Waals surface area contributed by atoms with Gasteiger partial charge in [0.2, 0.25) is 11.7 Å². The number of halogens is 2. The number of hydrogen-bond donors (Lipinski definition) is 1. The molecule has 1 aromatic carbocycles. The predicted octanol–water partition coefficient (Wildman–Crippen LogP) is 2.35. The maximum atomic E-state index is 13.1. The smallest absolute Gasteiger partial charge is 0.247 e. The second-order valence-corrected chi connectivity index (χ2v) is 4.59. The van der Waals surface area contributed by atoms with Crippen LogP contribution in [0, 0.1) is 11.6 Å². The molecule has 1 aliphatic carbocycles. The molecule has 0 amide bonds. The zero-order valence-electron chi connectivity index (χ0n) is 9.49. The molecule has 94 valence electrons. The Morgan fingerprint density at radius 1 is 1.17 bits per heavy atom. The predicted molar refractivity (Wildman–Crippen MR) is 59.4 cm³/mol. The van der Waals surface area contributed by atoms with Gasteiger partial charge in [-0.2, -0.15) is 4.98 Å². The Balaban J connectivity index is 1.97. The van der Waals surface area contributed by atoms with E-state index in [1.165, 1.54) is 0 Å². The van der Waals surface area contributed by atoms with Crippen molar-refractivity contribution in [2.24, 2.45) is 5.73 Å². The van der Waals surface area contributed by atoms with Crippen LogP contribution in [0.25, 0.3) is 11.4 Å². The van der Waals surface area contributed by atoms with Crippen LogP contribution in [0.5, 0.6) is 0 Å². The Kier molecular flexibility index (Phi) is 2.41. The fourth-order valence-corrected chi connectivity index (χ4v) is 2.00. The molecule has 0 aliphatic heterocycles. The van der Waals surface area contributed by atoms with Gasteiger partial charge in [0, 0.05) is 11.6 Å². The molecular formula is C12H11F2N3O. The molecule has 1 aromatic heterocycles. The Bertz CT molecular complexity index is 573. The monoisotopic (exact) mass is 251 g/mol. The van der Waals surface area contributed by atoms with Crippen LogP contribution < -0.4 is 5.73 Å². The standard InChI is InChI=1S/C12H11F2N3O/c13-8-4-7(5-9(14)6-8)10-16-11(18-17-10)12(15)2-1-3-12/h4-6H,1-3,15H2. The average molecular weight is 251 g/mol. The summed E-state index contributed by atoms with van der Waals surface area (Å²) < 4.78 is 31.2. The third kappa shape index (κ3) is 1.78. The van der Waals surface area contributed by atoms with Gasteiger partial charge in [-0.15, -0.1) is 0 Å². The number of benzene rings is 1. The van der Waals surface area contributed by atoms with Crippen LogP contribution in [0.4, 0.5) is 8.78 Å². The number of aromatic nitrogens is 2. The molecule has 2 aromatic rings. The van der Waals surface area contributed by atoms with Gasteiger partial charge in [-0.3, -0.25) is 0 Å². The van der Waals surface area contributed by atoms with Crippen LogP contribution in [0.3, 0.4) is 0 Å². The summed E-state index contributed by atoms with van der Waals surface area (Å²) in [6, 6.07) is 3.10. The Hall–Kier alpha value is -1.82. The minimum atomic E-state index is -0.678. The first-order valence-corrected chi connectivity index (χ1v) is 5.66. The van der Waals surface area contributed by atoms with E-state index in [1.807, 2.05) is 0 Å². The lowest BCUT2D eigenvalue weighted by Gasteiger charge is -2.33. The molecule has 0 radical (unpaired) electrons. The molecule has 1 aliphatic rings. The summed E-state index contributed by atoms with van der Waals surface area (Å²) in [5.41, 5.74) is 5.70. The molecule has 4 nitrogen and oxygen atoms in total.